The second kappa shape index (κ2) is 4.60. The first kappa shape index (κ1) is 12.9. The topological polar surface area (TPSA) is 38.3 Å². The minimum Gasteiger partial charge on any atom is -0.381 e. The summed E-state index contributed by atoms with van der Waals surface area (Å²) in [5.74, 6) is 0.996. The first-order valence-corrected chi connectivity index (χ1v) is 6.82. The lowest BCUT2D eigenvalue weighted by atomic mass is 9.61. The van der Waals surface area contributed by atoms with Crippen molar-refractivity contribution in [3.8, 4) is 0 Å². The minimum absolute atomic E-state index is 0.00438. The maximum Gasteiger partial charge on any atom is 0.226 e. The fourth-order valence-electron chi connectivity index (χ4n) is 2.77. The van der Waals surface area contributed by atoms with Gasteiger partial charge in [0.1, 0.15) is 0 Å². The monoisotopic (exact) mass is 239 g/mol. The zero-order valence-electron chi connectivity index (χ0n) is 11.3. The van der Waals surface area contributed by atoms with Gasteiger partial charge in [-0.15, -0.1) is 0 Å². The third-order valence-electron chi connectivity index (χ3n) is 4.46. The molecule has 1 aliphatic carbocycles. The molecule has 2 aliphatic rings. The molecule has 1 heterocycles. The van der Waals surface area contributed by atoms with Gasteiger partial charge in [0.05, 0.1) is 5.41 Å². The molecule has 0 atom stereocenters. The molecular formula is C14H25NO2. The molecule has 2 rings (SSSR count). The van der Waals surface area contributed by atoms with E-state index in [9.17, 15) is 4.79 Å². The normalized spacial score (nSPS) is 24.4. The van der Waals surface area contributed by atoms with Crippen molar-refractivity contribution in [1.82, 2.24) is 5.32 Å². The van der Waals surface area contributed by atoms with Crippen molar-refractivity contribution in [1.29, 1.82) is 0 Å². The second-order valence-corrected chi connectivity index (χ2v) is 6.60. The third kappa shape index (κ3) is 2.65. The van der Waals surface area contributed by atoms with Gasteiger partial charge < -0.3 is 10.1 Å². The van der Waals surface area contributed by atoms with Gasteiger partial charge in [-0.25, -0.2) is 0 Å². The van der Waals surface area contributed by atoms with E-state index >= 15 is 0 Å². The SMILES string of the molecule is CC(C)(C)C1(C(=O)NCC2CC2)CCOCC1. The van der Waals surface area contributed by atoms with Gasteiger partial charge in [-0.2, -0.15) is 0 Å². The van der Waals surface area contributed by atoms with Gasteiger partial charge in [-0.3, -0.25) is 4.79 Å². The van der Waals surface area contributed by atoms with E-state index in [0.29, 0.717) is 13.2 Å². The van der Waals surface area contributed by atoms with Crippen LogP contribution in [0.2, 0.25) is 0 Å². The first-order valence-electron chi connectivity index (χ1n) is 6.82. The first-order chi connectivity index (χ1) is 7.96. The van der Waals surface area contributed by atoms with Crippen LogP contribution in [-0.4, -0.2) is 25.7 Å². The molecule has 0 aromatic heterocycles. The molecule has 98 valence electrons. The minimum atomic E-state index is -0.236. The lowest BCUT2D eigenvalue weighted by Gasteiger charge is -2.45. The summed E-state index contributed by atoms with van der Waals surface area (Å²) in [5.41, 5.74) is -0.232. The average Bonchev–Trinajstić information content (AvgIpc) is 3.09. The van der Waals surface area contributed by atoms with Gasteiger partial charge in [-0.1, -0.05) is 20.8 Å². The molecule has 0 spiro atoms. The van der Waals surface area contributed by atoms with E-state index in [1.54, 1.807) is 0 Å². The molecular weight excluding hydrogens is 214 g/mol. The molecule has 0 radical (unpaired) electrons. The van der Waals surface area contributed by atoms with Crippen LogP contribution in [-0.2, 0) is 9.53 Å². The highest BCUT2D eigenvalue weighted by Crippen LogP contribution is 2.46. The molecule has 0 aromatic rings. The van der Waals surface area contributed by atoms with Crippen LogP contribution < -0.4 is 5.32 Å². The summed E-state index contributed by atoms with van der Waals surface area (Å²) in [6, 6.07) is 0. The van der Waals surface area contributed by atoms with Gasteiger partial charge in [0.15, 0.2) is 0 Å². The van der Waals surface area contributed by atoms with Crippen molar-refractivity contribution in [3.63, 3.8) is 0 Å². The maximum atomic E-state index is 12.5. The Morgan fingerprint density at radius 2 is 1.88 bits per heavy atom. The van der Waals surface area contributed by atoms with Gasteiger partial charge >= 0.3 is 0 Å². The van der Waals surface area contributed by atoms with Crippen molar-refractivity contribution in [2.24, 2.45) is 16.7 Å². The number of hydrogen-bond donors (Lipinski definition) is 1. The molecule has 0 bridgehead atoms. The van der Waals surface area contributed by atoms with E-state index in [-0.39, 0.29) is 16.7 Å². The van der Waals surface area contributed by atoms with Gasteiger partial charge in [-0.05, 0) is 37.0 Å². The molecule has 1 saturated carbocycles. The lowest BCUT2D eigenvalue weighted by Crippen LogP contribution is -2.52. The van der Waals surface area contributed by atoms with E-state index in [0.717, 1.165) is 25.3 Å². The fourth-order valence-corrected chi connectivity index (χ4v) is 2.77. The van der Waals surface area contributed by atoms with Crippen LogP contribution in [0.4, 0.5) is 0 Å². The zero-order chi connectivity index (χ0) is 12.5. The van der Waals surface area contributed by atoms with Gasteiger partial charge in [0, 0.05) is 19.8 Å². The molecule has 1 aliphatic heterocycles. The molecule has 17 heavy (non-hydrogen) atoms. The Labute approximate surface area is 104 Å². The van der Waals surface area contributed by atoms with Crippen LogP contribution in [0.15, 0.2) is 0 Å². The molecule has 3 nitrogen and oxygen atoms in total. The number of hydrogen-bond acceptors (Lipinski definition) is 2. The van der Waals surface area contributed by atoms with Crippen molar-refractivity contribution in [3.05, 3.63) is 0 Å². The predicted octanol–water partition coefficient (Wildman–Crippen LogP) is 2.36. The van der Waals surface area contributed by atoms with Gasteiger partial charge in [0.25, 0.3) is 0 Å². The van der Waals surface area contributed by atoms with Crippen molar-refractivity contribution in [2.45, 2.75) is 46.5 Å². The van der Waals surface area contributed by atoms with Crippen molar-refractivity contribution >= 4 is 5.91 Å². The summed E-state index contributed by atoms with van der Waals surface area (Å²) >= 11 is 0. The quantitative estimate of drug-likeness (QED) is 0.821. The summed E-state index contributed by atoms with van der Waals surface area (Å²) in [7, 11) is 0. The summed E-state index contributed by atoms with van der Waals surface area (Å²) in [6.45, 7) is 8.83. The van der Waals surface area contributed by atoms with Crippen molar-refractivity contribution < 1.29 is 9.53 Å². The zero-order valence-corrected chi connectivity index (χ0v) is 11.3. The Morgan fingerprint density at radius 1 is 1.29 bits per heavy atom. The summed E-state index contributed by atoms with van der Waals surface area (Å²) in [6.07, 6.45) is 4.28. The van der Waals surface area contributed by atoms with Crippen LogP contribution in [0.25, 0.3) is 0 Å². The predicted molar refractivity (Wildman–Crippen MR) is 67.7 cm³/mol. The highest BCUT2D eigenvalue weighted by molar-refractivity contribution is 5.83. The van der Waals surface area contributed by atoms with Crippen LogP contribution >= 0.6 is 0 Å². The largest absolute Gasteiger partial charge is 0.381 e. The fraction of sp³-hybridized carbons (Fsp3) is 0.929. The number of carbonyl (C=O) groups is 1. The van der Waals surface area contributed by atoms with Crippen LogP contribution in [0.5, 0.6) is 0 Å². The lowest BCUT2D eigenvalue weighted by molar-refractivity contribution is -0.146. The number of nitrogens with one attached hydrogen (secondary N) is 1. The highest BCUT2D eigenvalue weighted by Gasteiger charge is 2.49. The maximum absolute atomic E-state index is 12.5. The number of rotatable bonds is 3. The van der Waals surface area contributed by atoms with E-state index in [4.69, 9.17) is 4.74 Å². The second-order valence-electron chi connectivity index (χ2n) is 6.60. The van der Waals surface area contributed by atoms with Gasteiger partial charge in [0.2, 0.25) is 5.91 Å². The molecule has 0 aromatic carbocycles. The molecule has 2 fully saturated rings. The molecule has 1 N–H and O–H groups in total. The number of carbonyl (C=O) groups excluding carboxylic acids is 1. The Balaban J connectivity index is 2.05. The Morgan fingerprint density at radius 3 is 2.35 bits per heavy atom. The average molecular weight is 239 g/mol. The molecule has 1 amide bonds. The number of ether oxygens (including phenoxy) is 1. The Bertz CT molecular complexity index is 283. The molecule has 0 unspecified atom stereocenters. The van der Waals surface area contributed by atoms with Crippen LogP contribution in [0.1, 0.15) is 46.5 Å². The summed E-state index contributed by atoms with van der Waals surface area (Å²) in [4.78, 5) is 12.5. The smallest absolute Gasteiger partial charge is 0.226 e. The highest BCUT2D eigenvalue weighted by atomic mass is 16.5. The molecule has 1 saturated heterocycles. The van der Waals surface area contributed by atoms with E-state index in [1.165, 1.54) is 12.8 Å². The van der Waals surface area contributed by atoms with E-state index in [2.05, 4.69) is 26.1 Å². The standard InChI is InChI=1S/C14H25NO2/c1-13(2,3)14(6-8-17-9-7-14)12(16)15-10-11-4-5-11/h11H,4-10H2,1-3H3,(H,15,16). The number of amides is 1. The summed E-state index contributed by atoms with van der Waals surface area (Å²) in [5, 5.41) is 3.17. The van der Waals surface area contributed by atoms with Crippen molar-refractivity contribution in [2.75, 3.05) is 19.8 Å². The Hall–Kier alpha value is -0.570. The summed E-state index contributed by atoms with van der Waals surface area (Å²) < 4.78 is 5.43. The third-order valence-corrected chi connectivity index (χ3v) is 4.46. The van der Waals surface area contributed by atoms with E-state index in [1.807, 2.05) is 0 Å². The van der Waals surface area contributed by atoms with Crippen LogP contribution in [0, 0.1) is 16.7 Å². The van der Waals surface area contributed by atoms with E-state index < -0.39 is 0 Å². The van der Waals surface area contributed by atoms with Crippen LogP contribution in [0.3, 0.4) is 0 Å². The Kier molecular flexibility index (Phi) is 3.48. The molecule has 3 heteroatoms.